The van der Waals surface area contributed by atoms with Gasteiger partial charge in [0.2, 0.25) is 10.0 Å². The lowest BCUT2D eigenvalue weighted by Gasteiger charge is -2.19. The number of nitrogens with zero attached hydrogens (tertiary/aromatic N) is 1. The van der Waals surface area contributed by atoms with Crippen LogP contribution in [0, 0.1) is 0 Å². The van der Waals surface area contributed by atoms with E-state index >= 15 is 0 Å². The first kappa shape index (κ1) is 25.9. The highest BCUT2D eigenvalue weighted by Gasteiger charge is 2.24. The van der Waals surface area contributed by atoms with Gasteiger partial charge >= 0.3 is 5.97 Å². The Balaban J connectivity index is 2.03. The highest BCUT2D eigenvalue weighted by Crippen LogP contribution is 2.14. The molecule has 1 amide bonds. The zero-order valence-corrected chi connectivity index (χ0v) is 19.7. The molecule has 0 unspecified atom stereocenters. The van der Waals surface area contributed by atoms with Crippen LogP contribution in [0.2, 0.25) is 0 Å². The van der Waals surface area contributed by atoms with Gasteiger partial charge in [-0.15, -0.1) is 11.3 Å². The molecular weight excluding hydrogens is 454 g/mol. The van der Waals surface area contributed by atoms with Gasteiger partial charge < -0.3 is 20.1 Å². The van der Waals surface area contributed by atoms with Crippen LogP contribution in [-0.4, -0.2) is 62.7 Å². The molecular formula is C21H29N3O6S2. The first-order valence-electron chi connectivity index (χ1n) is 10.2. The molecule has 0 saturated carbocycles. The van der Waals surface area contributed by atoms with Crippen LogP contribution in [-0.2, 0) is 26.2 Å². The van der Waals surface area contributed by atoms with Gasteiger partial charge in [-0.25, -0.2) is 8.42 Å². The van der Waals surface area contributed by atoms with Crippen LogP contribution in [0.15, 0.2) is 46.7 Å². The second kappa shape index (κ2) is 12.7. The third kappa shape index (κ3) is 8.32. The van der Waals surface area contributed by atoms with Crippen LogP contribution in [0.25, 0.3) is 0 Å². The number of hydrogen-bond acceptors (Lipinski definition) is 7. The molecule has 1 atom stereocenters. The third-order valence-corrected chi connectivity index (χ3v) is 6.99. The number of rotatable bonds is 14. The fraction of sp³-hybridized carbons (Fsp3) is 0.429. The third-order valence-electron chi connectivity index (χ3n) is 4.65. The van der Waals surface area contributed by atoms with E-state index < -0.39 is 34.5 Å². The monoisotopic (exact) mass is 483 g/mol. The van der Waals surface area contributed by atoms with Crippen LogP contribution in [0.4, 0.5) is 0 Å². The molecule has 0 saturated heterocycles. The van der Waals surface area contributed by atoms with Crippen molar-refractivity contribution in [2.75, 3.05) is 26.2 Å². The number of amides is 1. The summed E-state index contributed by atoms with van der Waals surface area (Å²) in [4.78, 5) is 26.0. The number of aliphatic carboxylic acids is 1. The van der Waals surface area contributed by atoms with Gasteiger partial charge in [-0.05, 0) is 42.2 Å². The lowest BCUT2D eigenvalue weighted by atomic mass is 10.2. The summed E-state index contributed by atoms with van der Waals surface area (Å²) in [5.74, 6) is -1.80. The van der Waals surface area contributed by atoms with Crippen molar-refractivity contribution in [1.29, 1.82) is 0 Å². The lowest BCUT2D eigenvalue weighted by molar-refractivity contribution is -0.137. The number of carbonyl (C=O) groups excluding carboxylic acids is 1. The zero-order chi connectivity index (χ0) is 23.6. The predicted octanol–water partition coefficient (Wildman–Crippen LogP) is 2.12. The maximum Gasteiger partial charge on any atom is 0.306 e. The largest absolute Gasteiger partial charge is 0.481 e. The molecule has 0 radical (unpaired) electrons. The minimum absolute atomic E-state index is 0.0388. The maximum atomic E-state index is 12.8. The number of sulfonamides is 1. The first-order valence-corrected chi connectivity index (χ1v) is 12.6. The maximum absolute atomic E-state index is 12.8. The van der Waals surface area contributed by atoms with Gasteiger partial charge in [0.15, 0.2) is 0 Å². The van der Waals surface area contributed by atoms with E-state index in [1.54, 1.807) is 29.6 Å². The van der Waals surface area contributed by atoms with Crippen molar-refractivity contribution in [1.82, 2.24) is 14.9 Å². The summed E-state index contributed by atoms with van der Waals surface area (Å²) < 4.78 is 33.6. The molecule has 1 heterocycles. The van der Waals surface area contributed by atoms with Crippen molar-refractivity contribution in [3.05, 3.63) is 52.2 Å². The molecule has 0 aliphatic heterocycles. The number of carboxylic acid groups (broad SMARTS) is 1. The topological polar surface area (TPSA) is 125 Å². The second-order valence-electron chi connectivity index (χ2n) is 6.95. The summed E-state index contributed by atoms with van der Waals surface area (Å²) in [5.41, 5.74) is 0.671. The summed E-state index contributed by atoms with van der Waals surface area (Å²) in [6, 6.07) is 9.46. The molecule has 32 heavy (non-hydrogen) atoms. The Bertz CT molecular complexity index is 975. The molecule has 0 spiro atoms. The number of likely N-dealkylation sites (N-methyl/N-ethyl adjacent to an activating group) is 1. The Kier molecular flexibility index (Phi) is 10.3. The van der Waals surface area contributed by atoms with Gasteiger partial charge in [0.25, 0.3) is 5.91 Å². The van der Waals surface area contributed by atoms with Crippen LogP contribution < -0.4 is 10.0 Å². The zero-order valence-electron chi connectivity index (χ0n) is 18.1. The van der Waals surface area contributed by atoms with Crippen LogP contribution in [0.5, 0.6) is 0 Å². The van der Waals surface area contributed by atoms with Crippen LogP contribution in [0.1, 0.15) is 35.5 Å². The van der Waals surface area contributed by atoms with Gasteiger partial charge in [0.05, 0.1) is 29.4 Å². The predicted molar refractivity (Wildman–Crippen MR) is 122 cm³/mol. The highest BCUT2D eigenvalue weighted by atomic mass is 32.2. The molecule has 1 aromatic heterocycles. The normalized spacial score (nSPS) is 12.6. The Morgan fingerprint density at radius 2 is 1.94 bits per heavy atom. The van der Waals surface area contributed by atoms with Gasteiger partial charge in [-0.2, -0.15) is 4.72 Å². The van der Waals surface area contributed by atoms with E-state index in [2.05, 4.69) is 28.8 Å². The van der Waals surface area contributed by atoms with Crippen molar-refractivity contribution in [3.8, 4) is 0 Å². The number of thiophene rings is 1. The number of carboxylic acids is 1. The van der Waals surface area contributed by atoms with Crippen molar-refractivity contribution in [2.24, 2.45) is 0 Å². The van der Waals surface area contributed by atoms with Gasteiger partial charge in [-0.3, -0.25) is 9.59 Å². The summed E-state index contributed by atoms with van der Waals surface area (Å²) in [7, 11) is -4.08. The summed E-state index contributed by atoms with van der Waals surface area (Å²) >= 11 is 1.17. The Morgan fingerprint density at radius 1 is 1.19 bits per heavy atom. The fourth-order valence-corrected chi connectivity index (χ4v) is 4.76. The molecule has 0 bridgehead atoms. The Morgan fingerprint density at radius 3 is 2.56 bits per heavy atom. The van der Waals surface area contributed by atoms with E-state index in [9.17, 15) is 18.0 Å². The quantitative estimate of drug-likeness (QED) is 0.278. The molecule has 0 aliphatic carbocycles. The van der Waals surface area contributed by atoms with Crippen LogP contribution >= 0.6 is 11.3 Å². The highest BCUT2D eigenvalue weighted by molar-refractivity contribution is 7.89. The smallest absolute Gasteiger partial charge is 0.306 e. The fourth-order valence-electron chi connectivity index (χ4n) is 2.92. The van der Waals surface area contributed by atoms with Gasteiger partial charge in [0.1, 0.15) is 6.17 Å². The Hall–Kier alpha value is -2.31. The minimum Gasteiger partial charge on any atom is -0.481 e. The molecule has 176 valence electrons. The number of ether oxygens (including phenoxy) is 1. The molecule has 2 rings (SSSR count). The van der Waals surface area contributed by atoms with Crippen LogP contribution in [0.3, 0.4) is 0 Å². The summed E-state index contributed by atoms with van der Waals surface area (Å²) in [6.07, 6.45) is -1.91. The van der Waals surface area contributed by atoms with Crippen molar-refractivity contribution in [2.45, 2.75) is 37.9 Å². The van der Waals surface area contributed by atoms with Crippen molar-refractivity contribution in [3.63, 3.8) is 0 Å². The van der Waals surface area contributed by atoms with E-state index in [0.29, 0.717) is 17.0 Å². The average Bonchev–Trinajstić information content (AvgIpc) is 3.28. The van der Waals surface area contributed by atoms with E-state index in [4.69, 9.17) is 9.84 Å². The number of nitrogens with one attached hydrogen (secondary N) is 2. The molecule has 0 fully saturated rings. The SMILES string of the molecule is CCN(CC)CCOCc1cccc(S(=O)(=O)N[C@@H](CC(=O)O)NC(=O)c2cccs2)c1. The molecule has 9 nitrogen and oxygen atoms in total. The Labute approximate surface area is 192 Å². The number of carbonyl (C=O) groups is 2. The van der Waals surface area contributed by atoms with Gasteiger partial charge in [0, 0.05) is 6.54 Å². The minimum atomic E-state index is -4.08. The van der Waals surface area contributed by atoms with E-state index in [0.717, 1.165) is 19.6 Å². The van der Waals surface area contributed by atoms with Crippen molar-refractivity contribution < 1.29 is 27.9 Å². The molecule has 0 aliphatic rings. The van der Waals surface area contributed by atoms with Crippen molar-refractivity contribution >= 4 is 33.2 Å². The molecule has 2 aromatic rings. The number of hydrogen-bond donors (Lipinski definition) is 3. The van der Waals surface area contributed by atoms with Gasteiger partial charge in [-0.1, -0.05) is 32.0 Å². The summed E-state index contributed by atoms with van der Waals surface area (Å²) in [5, 5.41) is 13.3. The van der Waals surface area contributed by atoms with E-state index in [1.165, 1.54) is 23.5 Å². The second-order valence-corrected chi connectivity index (χ2v) is 9.61. The average molecular weight is 484 g/mol. The van der Waals surface area contributed by atoms with E-state index in [-0.39, 0.29) is 11.5 Å². The first-order chi connectivity index (χ1) is 15.2. The lowest BCUT2D eigenvalue weighted by Crippen LogP contribution is -2.48. The number of benzene rings is 1. The summed E-state index contributed by atoms with van der Waals surface area (Å²) in [6.45, 7) is 7.56. The molecule has 1 aromatic carbocycles. The molecule has 3 N–H and O–H groups in total. The standard InChI is InChI=1S/C21H29N3O6S2/c1-3-24(4-2)10-11-30-15-16-7-5-8-17(13-16)32(28,29)23-19(14-20(25)26)22-21(27)18-9-6-12-31-18/h5-9,12-13,19,23H,3-4,10-11,14-15H2,1-2H3,(H,22,27)(H,25,26)/t19-/m0/s1. The molecule has 11 heteroatoms. The van der Waals surface area contributed by atoms with E-state index in [1.807, 2.05) is 0 Å².